The summed E-state index contributed by atoms with van der Waals surface area (Å²) < 4.78 is 41.3. The second-order valence-electron chi connectivity index (χ2n) is 6.51. The molecule has 1 saturated heterocycles. The van der Waals surface area contributed by atoms with Crippen molar-refractivity contribution in [3.05, 3.63) is 64.4 Å². The molecule has 1 fully saturated rings. The van der Waals surface area contributed by atoms with Crippen LogP contribution in [0.4, 0.5) is 9.18 Å². The fraction of sp³-hybridized carbons (Fsp3) is 0.316. The molecule has 2 aromatic rings. The minimum absolute atomic E-state index is 0.119. The molecule has 0 radical (unpaired) electrons. The molecule has 0 aliphatic carbocycles. The first-order valence-corrected chi connectivity index (χ1v) is 11.1. The summed E-state index contributed by atoms with van der Waals surface area (Å²) in [6.45, 7) is 2.60. The molecule has 2 aromatic carbocycles. The van der Waals surface area contributed by atoms with Crippen LogP contribution >= 0.6 is 15.9 Å². The summed E-state index contributed by atoms with van der Waals surface area (Å²) >= 11 is 3.47. The smallest absolute Gasteiger partial charge is 0.317 e. The normalized spacial score (nSPS) is 16.6. The van der Waals surface area contributed by atoms with Gasteiger partial charge in [-0.3, -0.25) is 0 Å². The molecule has 1 atom stereocenters. The van der Waals surface area contributed by atoms with Crippen LogP contribution in [0.3, 0.4) is 0 Å². The zero-order chi connectivity index (χ0) is 20.3. The van der Waals surface area contributed by atoms with E-state index in [-0.39, 0.29) is 43.1 Å². The molecule has 1 heterocycles. The molecule has 0 saturated carbocycles. The predicted molar refractivity (Wildman–Crippen MR) is 108 cm³/mol. The minimum Gasteiger partial charge on any atom is -0.331 e. The Bertz CT molecular complexity index is 962. The number of carbonyl (C=O) groups is 1. The lowest BCUT2D eigenvalue weighted by Crippen LogP contribution is -2.53. The van der Waals surface area contributed by atoms with E-state index >= 15 is 0 Å². The number of hydrogen-bond donors (Lipinski definition) is 1. The molecule has 0 bridgehead atoms. The highest BCUT2D eigenvalue weighted by Crippen LogP contribution is 2.23. The number of piperazine rings is 1. The van der Waals surface area contributed by atoms with Gasteiger partial charge in [-0.2, -0.15) is 4.31 Å². The Morgan fingerprint density at radius 3 is 2.32 bits per heavy atom. The highest BCUT2D eigenvalue weighted by Gasteiger charge is 2.32. The number of rotatable bonds is 4. The van der Waals surface area contributed by atoms with Crippen molar-refractivity contribution in [2.75, 3.05) is 26.2 Å². The van der Waals surface area contributed by atoms with Gasteiger partial charge in [0, 0.05) is 30.7 Å². The monoisotopic (exact) mass is 469 g/mol. The van der Waals surface area contributed by atoms with Crippen molar-refractivity contribution >= 4 is 32.0 Å². The molecule has 150 valence electrons. The third-order valence-electron chi connectivity index (χ3n) is 4.69. The summed E-state index contributed by atoms with van der Waals surface area (Å²) in [6, 6.07) is 12.5. The average Bonchev–Trinajstić information content (AvgIpc) is 2.68. The van der Waals surface area contributed by atoms with Crippen LogP contribution in [-0.2, 0) is 10.0 Å². The lowest BCUT2D eigenvalue weighted by Gasteiger charge is -2.34. The Hall–Kier alpha value is -1.97. The minimum atomic E-state index is -3.92. The predicted octanol–water partition coefficient (Wildman–Crippen LogP) is 3.37. The highest BCUT2D eigenvalue weighted by molar-refractivity contribution is 9.10. The molecule has 1 aliphatic rings. The Morgan fingerprint density at radius 2 is 1.68 bits per heavy atom. The number of benzene rings is 2. The third kappa shape index (κ3) is 4.37. The molecule has 1 unspecified atom stereocenters. The first-order valence-electron chi connectivity index (χ1n) is 8.85. The van der Waals surface area contributed by atoms with Gasteiger partial charge in [0.15, 0.2) is 0 Å². The van der Waals surface area contributed by atoms with Crippen molar-refractivity contribution in [3.63, 3.8) is 0 Å². The summed E-state index contributed by atoms with van der Waals surface area (Å²) in [4.78, 5) is 13.8. The van der Waals surface area contributed by atoms with Crippen LogP contribution in [0.5, 0.6) is 0 Å². The summed E-state index contributed by atoms with van der Waals surface area (Å²) in [5.74, 6) is -0.773. The summed E-state index contributed by atoms with van der Waals surface area (Å²) in [7, 11) is -3.92. The molecule has 0 aromatic heterocycles. The van der Waals surface area contributed by atoms with Crippen LogP contribution in [-0.4, -0.2) is 49.8 Å². The molecule has 1 aliphatic heterocycles. The third-order valence-corrected chi connectivity index (χ3v) is 7.35. The second kappa shape index (κ2) is 8.59. The van der Waals surface area contributed by atoms with Crippen LogP contribution in [0.15, 0.2) is 57.9 Å². The van der Waals surface area contributed by atoms with E-state index < -0.39 is 15.8 Å². The van der Waals surface area contributed by atoms with Crippen LogP contribution in [0.2, 0.25) is 0 Å². The molecule has 6 nitrogen and oxygen atoms in total. The van der Waals surface area contributed by atoms with Gasteiger partial charge < -0.3 is 10.2 Å². The number of urea groups is 1. The van der Waals surface area contributed by atoms with Gasteiger partial charge in [0.1, 0.15) is 10.7 Å². The SMILES string of the molecule is CC(NC(=O)N1CCN(S(=O)(=O)c2ccccc2F)CC1)c1ccccc1Br. The standard InChI is InChI=1S/C19H21BrFN3O3S/c1-14(15-6-2-3-7-16(15)20)22-19(25)23-10-12-24(13-11-23)28(26,27)18-9-5-4-8-17(18)21/h2-9,14H,10-13H2,1H3,(H,22,25). The second-order valence-corrected chi connectivity index (χ2v) is 9.27. The van der Waals surface area contributed by atoms with Crippen LogP contribution < -0.4 is 5.32 Å². The number of nitrogens with zero attached hydrogens (tertiary/aromatic N) is 2. The maximum absolute atomic E-state index is 13.9. The number of hydrogen-bond acceptors (Lipinski definition) is 3. The Labute approximate surface area is 172 Å². The Balaban J connectivity index is 1.61. The van der Waals surface area contributed by atoms with Crippen LogP contribution in [0.25, 0.3) is 0 Å². The number of halogens is 2. The van der Waals surface area contributed by atoms with Gasteiger partial charge in [-0.05, 0) is 30.7 Å². The number of sulfonamides is 1. The first kappa shape index (κ1) is 20.8. The number of amides is 2. The largest absolute Gasteiger partial charge is 0.331 e. The van der Waals surface area contributed by atoms with Gasteiger partial charge in [0.2, 0.25) is 10.0 Å². The van der Waals surface area contributed by atoms with Crippen molar-refractivity contribution in [2.24, 2.45) is 0 Å². The molecule has 1 N–H and O–H groups in total. The molecular weight excluding hydrogens is 449 g/mol. The molecule has 2 amide bonds. The molecule has 9 heteroatoms. The van der Waals surface area contributed by atoms with Gasteiger partial charge in [0.25, 0.3) is 0 Å². The average molecular weight is 470 g/mol. The lowest BCUT2D eigenvalue weighted by molar-refractivity contribution is 0.169. The fourth-order valence-corrected chi connectivity index (χ4v) is 5.22. The number of nitrogens with one attached hydrogen (secondary N) is 1. The van der Waals surface area contributed by atoms with Crippen LogP contribution in [0, 0.1) is 5.82 Å². The Morgan fingerprint density at radius 1 is 1.07 bits per heavy atom. The maximum atomic E-state index is 13.9. The maximum Gasteiger partial charge on any atom is 0.317 e. The number of carbonyl (C=O) groups excluding carboxylic acids is 1. The van der Waals surface area contributed by atoms with Gasteiger partial charge >= 0.3 is 6.03 Å². The quantitative estimate of drug-likeness (QED) is 0.745. The zero-order valence-corrected chi connectivity index (χ0v) is 17.7. The van der Waals surface area contributed by atoms with E-state index in [2.05, 4.69) is 21.2 Å². The van der Waals surface area contributed by atoms with Crippen LogP contribution in [0.1, 0.15) is 18.5 Å². The Kier molecular flexibility index (Phi) is 6.36. The zero-order valence-electron chi connectivity index (χ0n) is 15.3. The van der Waals surface area contributed by atoms with Crippen molar-refractivity contribution in [1.82, 2.24) is 14.5 Å². The topological polar surface area (TPSA) is 69.7 Å². The fourth-order valence-electron chi connectivity index (χ4n) is 3.11. The van der Waals surface area contributed by atoms with E-state index in [0.29, 0.717) is 0 Å². The molecule has 28 heavy (non-hydrogen) atoms. The summed E-state index contributed by atoms with van der Waals surface area (Å²) in [6.07, 6.45) is 0. The van der Waals surface area contributed by atoms with Crippen molar-refractivity contribution in [1.29, 1.82) is 0 Å². The van der Waals surface area contributed by atoms with E-state index in [1.807, 2.05) is 31.2 Å². The summed E-state index contributed by atoms with van der Waals surface area (Å²) in [5, 5.41) is 2.93. The van der Waals surface area contributed by atoms with Crippen molar-refractivity contribution in [3.8, 4) is 0 Å². The first-order chi connectivity index (χ1) is 13.3. The molecule has 0 spiro atoms. The van der Waals surface area contributed by atoms with Gasteiger partial charge in [-0.1, -0.05) is 46.3 Å². The van der Waals surface area contributed by atoms with E-state index in [1.54, 1.807) is 4.90 Å². The van der Waals surface area contributed by atoms with Crippen molar-refractivity contribution < 1.29 is 17.6 Å². The van der Waals surface area contributed by atoms with E-state index in [4.69, 9.17) is 0 Å². The van der Waals surface area contributed by atoms with E-state index in [0.717, 1.165) is 16.1 Å². The van der Waals surface area contributed by atoms with E-state index in [1.165, 1.54) is 22.5 Å². The lowest BCUT2D eigenvalue weighted by atomic mass is 10.1. The summed E-state index contributed by atoms with van der Waals surface area (Å²) in [5.41, 5.74) is 0.955. The van der Waals surface area contributed by atoms with Gasteiger partial charge in [-0.25, -0.2) is 17.6 Å². The van der Waals surface area contributed by atoms with Gasteiger partial charge in [0.05, 0.1) is 6.04 Å². The van der Waals surface area contributed by atoms with Crippen molar-refractivity contribution in [2.45, 2.75) is 17.9 Å². The highest BCUT2D eigenvalue weighted by atomic mass is 79.9. The molecular formula is C19H21BrFN3O3S. The van der Waals surface area contributed by atoms with E-state index in [9.17, 15) is 17.6 Å². The molecule has 3 rings (SSSR count). The van der Waals surface area contributed by atoms with Gasteiger partial charge in [-0.15, -0.1) is 0 Å².